The zero-order chi connectivity index (χ0) is 13.0. The zero-order valence-electron chi connectivity index (χ0n) is 10.0. The normalized spacial score (nSPS) is 10.8. The van der Waals surface area contributed by atoms with Gasteiger partial charge in [-0.25, -0.2) is 9.37 Å². The van der Waals surface area contributed by atoms with Gasteiger partial charge in [0, 0.05) is 18.7 Å². The Balaban J connectivity index is 2.07. The van der Waals surface area contributed by atoms with Crippen LogP contribution < -0.4 is 5.73 Å². The molecule has 0 aliphatic rings. The van der Waals surface area contributed by atoms with Crippen molar-refractivity contribution >= 4 is 23.3 Å². The summed E-state index contributed by atoms with van der Waals surface area (Å²) in [6.07, 6.45) is 0.838. The van der Waals surface area contributed by atoms with Gasteiger partial charge in [0.25, 0.3) is 0 Å². The number of rotatable bonds is 5. The van der Waals surface area contributed by atoms with Crippen molar-refractivity contribution in [3.05, 3.63) is 41.0 Å². The molecule has 0 fully saturated rings. The van der Waals surface area contributed by atoms with Crippen LogP contribution in [0.3, 0.4) is 0 Å². The highest BCUT2D eigenvalue weighted by molar-refractivity contribution is 8.00. The Morgan fingerprint density at radius 3 is 2.89 bits per heavy atom. The highest BCUT2D eigenvalue weighted by Gasteiger charge is 2.07. The van der Waals surface area contributed by atoms with Gasteiger partial charge in [-0.3, -0.25) is 0 Å². The van der Waals surface area contributed by atoms with Crippen LogP contribution in [0.1, 0.15) is 23.9 Å². The number of benzene rings is 1. The number of nitrogens with two attached hydrogens (primary N) is 1. The minimum Gasteiger partial charge on any atom is -0.326 e. The second-order valence-corrected chi connectivity index (χ2v) is 5.71. The molecule has 2 rings (SSSR count). The van der Waals surface area contributed by atoms with Crippen LogP contribution in [0.4, 0.5) is 4.39 Å². The van der Waals surface area contributed by atoms with Gasteiger partial charge in [0.15, 0.2) is 4.34 Å². The summed E-state index contributed by atoms with van der Waals surface area (Å²) in [5, 5.41) is 0. The van der Waals surface area contributed by atoms with Crippen LogP contribution in [0, 0.1) is 5.82 Å². The molecule has 6 heteroatoms. The molecule has 0 bridgehead atoms. The Labute approximate surface area is 114 Å². The molecular formula is C12H14FN3S2. The predicted molar refractivity (Wildman–Crippen MR) is 73.1 cm³/mol. The molecule has 96 valence electrons. The third-order valence-electron chi connectivity index (χ3n) is 2.51. The number of aromatic nitrogens is 2. The fourth-order valence-electron chi connectivity index (χ4n) is 1.51. The van der Waals surface area contributed by atoms with Crippen molar-refractivity contribution in [1.29, 1.82) is 0 Å². The Morgan fingerprint density at radius 1 is 1.39 bits per heavy atom. The number of hydrogen-bond donors (Lipinski definition) is 1. The topological polar surface area (TPSA) is 51.8 Å². The van der Waals surface area contributed by atoms with Crippen LogP contribution >= 0.6 is 23.3 Å². The lowest BCUT2D eigenvalue weighted by Crippen LogP contribution is -2.01. The third-order valence-corrected chi connectivity index (χ3v) is 4.43. The molecule has 2 aromatic rings. The molecule has 1 aromatic carbocycles. The van der Waals surface area contributed by atoms with E-state index in [4.69, 9.17) is 5.73 Å². The van der Waals surface area contributed by atoms with E-state index in [1.54, 1.807) is 17.8 Å². The van der Waals surface area contributed by atoms with E-state index in [1.807, 2.05) is 6.92 Å². The molecule has 0 radical (unpaired) electrons. The first kappa shape index (κ1) is 13.5. The lowest BCUT2D eigenvalue weighted by molar-refractivity contribution is 0.625. The van der Waals surface area contributed by atoms with Gasteiger partial charge in [0.1, 0.15) is 11.6 Å². The van der Waals surface area contributed by atoms with Crippen LogP contribution in [0.25, 0.3) is 0 Å². The van der Waals surface area contributed by atoms with E-state index >= 15 is 0 Å². The fourth-order valence-corrected chi connectivity index (χ4v) is 3.22. The maximum atomic E-state index is 13.2. The lowest BCUT2D eigenvalue weighted by atomic mass is 10.1. The molecule has 0 saturated heterocycles. The third kappa shape index (κ3) is 3.28. The summed E-state index contributed by atoms with van der Waals surface area (Å²) in [6.45, 7) is 2.45. The van der Waals surface area contributed by atoms with E-state index in [-0.39, 0.29) is 5.82 Å². The summed E-state index contributed by atoms with van der Waals surface area (Å²) in [7, 11) is 0. The minimum absolute atomic E-state index is 0.227. The molecule has 1 aromatic heterocycles. The second-order valence-electron chi connectivity index (χ2n) is 3.74. The molecule has 0 spiro atoms. The molecule has 0 unspecified atom stereocenters. The Morgan fingerprint density at radius 2 is 2.22 bits per heavy atom. The highest BCUT2D eigenvalue weighted by atomic mass is 32.2. The summed E-state index contributed by atoms with van der Waals surface area (Å²) >= 11 is 2.96. The van der Waals surface area contributed by atoms with E-state index in [0.717, 1.165) is 27.7 Å². The fraction of sp³-hybridized carbons (Fsp3) is 0.333. The van der Waals surface area contributed by atoms with Crippen LogP contribution in [0.5, 0.6) is 0 Å². The molecule has 2 N–H and O–H groups in total. The molecule has 18 heavy (non-hydrogen) atoms. The van der Waals surface area contributed by atoms with Crippen molar-refractivity contribution in [3.63, 3.8) is 0 Å². The minimum atomic E-state index is -0.227. The SMILES string of the molecule is CCc1nsc(SCc2cc(F)ccc2CN)n1. The van der Waals surface area contributed by atoms with Gasteiger partial charge in [-0.2, -0.15) is 4.37 Å². The summed E-state index contributed by atoms with van der Waals surface area (Å²) in [6, 6.07) is 4.72. The molecule has 1 heterocycles. The van der Waals surface area contributed by atoms with Crippen molar-refractivity contribution in [2.24, 2.45) is 5.73 Å². The van der Waals surface area contributed by atoms with Crippen molar-refractivity contribution in [1.82, 2.24) is 9.36 Å². The Bertz CT molecular complexity index is 528. The molecular weight excluding hydrogens is 269 g/mol. The predicted octanol–water partition coefficient (Wildman–Crippen LogP) is 2.99. The standard InChI is InChI=1S/C12H14FN3S2/c1-2-11-15-12(18-16-11)17-7-9-5-10(13)4-3-8(9)6-14/h3-5H,2,6-7,14H2,1H3. The van der Waals surface area contributed by atoms with Gasteiger partial charge in [-0.1, -0.05) is 24.8 Å². The van der Waals surface area contributed by atoms with Crippen LogP contribution in [0.15, 0.2) is 22.5 Å². The molecule has 0 atom stereocenters. The first-order valence-electron chi connectivity index (χ1n) is 5.65. The zero-order valence-corrected chi connectivity index (χ0v) is 11.7. The molecule has 0 aliphatic heterocycles. The largest absolute Gasteiger partial charge is 0.326 e. The molecule has 0 aliphatic carbocycles. The average Bonchev–Trinajstić information content (AvgIpc) is 2.84. The summed E-state index contributed by atoms with van der Waals surface area (Å²) in [5.41, 5.74) is 7.54. The smallest absolute Gasteiger partial charge is 0.170 e. The van der Waals surface area contributed by atoms with Crippen molar-refractivity contribution in [2.45, 2.75) is 30.0 Å². The van der Waals surface area contributed by atoms with Gasteiger partial charge in [0.05, 0.1) is 0 Å². The molecule has 0 saturated carbocycles. The Kier molecular flexibility index (Phi) is 4.68. The first-order valence-corrected chi connectivity index (χ1v) is 7.41. The van der Waals surface area contributed by atoms with Gasteiger partial charge in [-0.05, 0) is 34.8 Å². The second kappa shape index (κ2) is 6.26. The summed E-state index contributed by atoms with van der Waals surface area (Å²) < 4.78 is 18.3. The van der Waals surface area contributed by atoms with Crippen molar-refractivity contribution < 1.29 is 4.39 Å². The number of aryl methyl sites for hydroxylation is 1. The van der Waals surface area contributed by atoms with E-state index < -0.39 is 0 Å². The van der Waals surface area contributed by atoms with Crippen LogP contribution in [-0.4, -0.2) is 9.36 Å². The highest BCUT2D eigenvalue weighted by Crippen LogP contribution is 2.26. The van der Waals surface area contributed by atoms with Gasteiger partial charge in [0.2, 0.25) is 0 Å². The number of hydrogen-bond acceptors (Lipinski definition) is 5. The molecule has 0 amide bonds. The summed E-state index contributed by atoms with van der Waals surface area (Å²) in [5.74, 6) is 1.30. The molecule has 3 nitrogen and oxygen atoms in total. The van der Waals surface area contributed by atoms with Crippen LogP contribution in [0.2, 0.25) is 0 Å². The van der Waals surface area contributed by atoms with Gasteiger partial charge < -0.3 is 5.73 Å². The van der Waals surface area contributed by atoms with Crippen LogP contribution in [-0.2, 0) is 18.7 Å². The monoisotopic (exact) mass is 283 g/mol. The van der Waals surface area contributed by atoms with E-state index in [2.05, 4.69) is 9.36 Å². The average molecular weight is 283 g/mol. The lowest BCUT2D eigenvalue weighted by Gasteiger charge is -2.06. The maximum Gasteiger partial charge on any atom is 0.170 e. The Hall–Kier alpha value is -0.980. The van der Waals surface area contributed by atoms with E-state index in [1.165, 1.54) is 23.7 Å². The number of nitrogens with zero attached hydrogens (tertiary/aromatic N) is 2. The van der Waals surface area contributed by atoms with E-state index in [9.17, 15) is 4.39 Å². The first-order chi connectivity index (χ1) is 8.72. The number of thioether (sulfide) groups is 1. The maximum absolute atomic E-state index is 13.2. The number of halogens is 1. The van der Waals surface area contributed by atoms with Gasteiger partial charge in [-0.15, -0.1) is 0 Å². The van der Waals surface area contributed by atoms with Crippen molar-refractivity contribution in [2.75, 3.05) is 0 Å². The van der Waals surface area contributed by atoms with E-state index in [0.29, 0.717) is 12.3 Å². The van der Waals surface area contributed by atoms with Crippen molar-refractivity contribution in [3.8, 4) is 0 Å². The van der Waals surface area contributed by atoms with Gasteiger partial charge >= 0.3 is 0 Å². The summed E-state index contributed by atoms with van der Waals surface area (Å²) in [4.78, 5) is 4.37. The quantitative estimate of drug-likeness (QED) is 0.857.